The number of pyridine rings is 1. The van der Waals surface area contributed by atoms with E-state index in [2.05, 4.69) is 11.1 Å². The van der Waals surface area contributed by atoms with Crippen molar-refractivity contribution in [2.24, 2.45) is 0 Å². The third kappa shape index (κ3) is 3.14. The zero-order valence-corrected chi connectivity index (χ0v) is 11.5. The average Bonchev–Trinajstić information content (AvgIpc) is 2.48. The van der Waals surface area contributed by atoms with Crippen LogP contribution in [0.15, 0.2) is 36.5 Å². The molecule has 0 amide bonds. The van der Waals surface area contributed by atoms with Crippen LogP contribution in [0.4, 0.5) is 0 Å². The van der Waals surface area contributed by atoms with Gasteiger partial charge in [-0.25, -0.2) is 4.79 Å². The molecule has 2 aromatic rings. The number of methoxy groups -OCH3 is 1. The minimum atomic E-state index is -0.480. The fourth-order valence-corrected chi connectivity index (χ4v) is 2.00. The summed E-state index contributed by atoms with van der Waals surface area (Å²) >= 11 is 5.86. The molecule has 4 nitrogen and oxygen atoms in total. The Morgan fingerprint density at radius 2 is 2.25 bits per heavy atom. The first-order valence-electron chi connectivity index (χ1n) is 5.86. The van der Waals surface area contributed by atoms with Gasteiger partial charge in [0.25, 0.3) is 0 Å². The van der Waals surface area contributed by atoms with E-state index in [0.29, 0.717) is 28.3 Å². The lowest BCUT2D eigenvalue weighted by Gasteiger charge is -2.07. The Labute approximate surface area is 121 Å². The Morgan fingerprint density at radius 1 is 1.45 bits per heavy atom. The van der Waals surface area contributed by atoms with Crippen LogP contribution in [0.25, 0.3) is 0 Å². The van der Waals surface area contributed by atoms with E-state index in [4.69, 9.17) is 21.6 Å². The zero-order chi connectivity index (χ0) is 14.5. The highest BCUT2D eigenvalue weighted by Crippen LogP contribution is 2.18. The van der Waals surface area contributed by atoms with Crippen molar-refractivity contribution in [3.05, 3.63) is 63.9 Å². The predicted molar refractivity (Wildman–Crippen MR) is 74.5 cm³/mol. The molecule has 0 aliphatic heterocycles. The molecular formula is C15H11ClN2O2. The number of aromatic nitrogens is 1. The van der Waals surface area contributed by atoms with Crippen molar-refractivity contribution in [3.8, 4) is 6.07 Å². The third-order valence-electron chi connectivity index (χ3n) is 2.77. The molecule has 100 valence electrons. The lowest BCUT2D eigenvalue weighted by molar-refractivity contribution is 0.0599. The Balaban J connectivity index is 2.38. The highest BCUT2D eigenvalue weighted by Gasteiger charge is 2.14. The summed E-state index contributed by atoms with van der Waals surface area (Å²) < 4.78 is 4.72. The third-order valence-corrected chi connectivity index (χ3v) is 2.98. The van der Waals surface area contributed by atoms with E-state index in [-0.39, 0.29) is 0 Å². The highest BCUT2D eigenvalue weighted by molar-refractivity contribution is 6.30. The average molecular weight is 287 g/mol. The van der Waals surface area contributed by atoms with E-state index in [1.54, 1.807) is 18.2 Å². The van der Waals surface area contributed by atoms with Gasteiger partial charge in [0.05, 0.1) is 35.0 Å². The van der Waals surface area contributed by atoms with Crippen LogP contribution < -0.4 is 0 Å². The van der Waals surface area contributed by atoms with Crippen LogP contribution in [0.5, 0.6) is 0 Å². The molecule has 0 saturated heterocycles. The fourth-order valence-electron chi connectivity index (χ4n) is 1.84. The maximum atomic E-state index is 11.7. The molecule has 1 aromatic carbocycles. The standard InChI is InChI=1S/C15H11ClN2O2/c1-20-15(19)13-7-12(16)9-18-14(13)6-10-3-2-4-11(5-10)8-17/h2-5,7,9H,6H2,1H3. The molecule has 0 atom stereocenters. The molecule has 0 bridgehead atoms. The number of rotatable bonds is 3. The summed E-state index contributed by atoms with van der Waals surface area (Å²) in [6.45, 7) is 0. The molecule has 0 unspecified atom stereocenters. The molecule has 0 fully saturated rings. The number of ether oxygens (including phenoxy) is 1. The number of hydrogen-bond donors (Lipinski definition) is 0. The van der Waals surface area contributed by atoms with Crippen LogP contribution in [0, 0.1) is 11.3 Å². The van der Waals surface area contributed by atoms with Crippen LogP contribution in [0.1, 0.15) is 27.2 Å². The predicted octanol–water partition coefficient (Wildman–Crippen LogP) is 2.98. The van der Waals surface area contributed by atoms with E-state index in [0.717, 1.165) is 5.56 Å². The van der Waals surface area contributed by atoms with Gasteiger partial charge >= 0.3 is 5.97 Å². The van der Waals surface area contributed by atoms with E-state index < -0.39 is 5.97 Å². The number of nitrogens with zero attached hydrogens (tertiary/aromatic N) is 2. The van der Waals surface area contributed by atoms with Gasteiger partial charge in [0.15, 0.2) is 0 Å². The van der Waals surface area contributed by atoms with Crippen molar-refractivity contribution in [2.75, 3.05) is 7.11 Å². The Hall–Kier alpha value is -2.38. The van der Waals surface area contributed by atoms with Gasteiger partial charge in [-0.3, -0.25) is 4.98 Å². The van der Waals surface area contributed by atoms with E-state index in [1.807, 2.05) is 6.07 Å². The molecular weight excluding hydrogens is 276 g/mol. The minimum absolute atomic E-state index is 0.336. The number of hydrogen-bond acceptors (Lipinski definition) is 4. The fraction of sp³-hybridized carbons (Fsp3) is 0.133. The van der Waals surface area contributed by atoms with Gasteiger partial charge in [0.1, 0.15) is 0 Å². The lowest BCUT2D eigenvalue weighted by Crippen LogP contribution is -2.08. The van der Waals surface area contributed by atoms with Crippen molar-refractivity contribution in [1.82, 2.24) is 4.98 Å². The van der Waals surface area contributed by atoms with Crippen molar-refractivity contribution < 1.29 is 9.53 Å². The van der Waals surface area contributed by atoms with Crippen molar-refractivity contribution in [1.29, 1.82) is 5.26 Å². The largest absolute Gasteiger partial charge is 0.465 e. The van der Waals surface area contributed by atoms with Crippen LogP contribution >= 0.6 is 11.6 Å². The summed E-state index contributed by atoms with van der Waals surface area (Å²) in [5.41, 5.74) is 2.36. The number of carbonyl (C=O) groups excluding carboxylic acids is 1. The first-order valence-corrected chi connectivity index (χ1v) is 6.23. The molecule has 0 radical (unpaired) electrons. The van der Waals surface area contributed by atoms with Gasteiger partial charge in [-0.1, -0.05) is 23.7 Å². The van der Waals surface area contributed by atoms with E-state index in [1.165, 1.54) is 19.4 Å². The summed E-state index contributed by atoms with van der Waals surface area (Å²) in [4.78, 5) is 15.9. The summed E-state index contributed by atoms with van der Waals surface area (Å²) in [6, 6.07) is 10.8. The van der Waals surface area contributed by atoms with Crippen molar-refractivity contribution in [3.63, 3.8) is 0 Å². The minimum Gasteiger partial charge on any atom is -0.465 e. The molecule has 0 N–H and O–H groups in total. The molecule has 1 heterocycles. The van der Waals surface area contributed by atoms with Crippen LogP contribution in [-0.2, 0) is 11.2 Å². The highest BCUT2D eigenvalue weighted by atomic mass is 35.5. The van der Waals surface area contributed by atoms with Gasteiger partial charge in [-0.2, -0.15) is 5.26 Å². The van der Waals surface area contributed by atoms with Crippen LogP contribution in [0.3, 0.4) is 0 Å². The normalized spacial score (nSPS) is 9.85. The monoisotopic (exact) mass is 286 g/mol. The van der Waals surface area contributed by atoms with Crippen LogP contribution in [-0.4, -0.2) is 18.1 Å². The first kappa shape index (κ1) is 14.0. The Kier molecular flexibility index (Phi) is 4.34. The van der Waals surface area contributed by atoms with Gasteiger partial charge < -0.3 is 4.74 Å². The van der Waals surface area contributed by atoms with E-state index >= 15 is 0 Å². The molecule has 0 aliphatic rings. The summed E-state index contributed by atoms with van der Waals surface area (Å²) in [5, 5.41) is 9.26. The van der Waals surface area contributed by atoms with Crippen molar-refractivity contribution in [2.45, 2.75) is 6.42 Å². The van der Waals surface area contributed by atoms with E-state index in [9.17, 15) is 4.79 Å². The molecule has 0 saturated carbocycles. The first-order chi connectivity index (χ1) is 9.63. The number of halogens is 1. The van der Waals surface area contributed by atoms with Gasteiger partial charge in [0, 0.05) is 12.6 Å². The molecule has 0 aliphatic carbocycles. The van der Waals surface area contributed by atoms with Gasteiger partial charge in [-0.05, 0) is 23.8 Å². The maximum absolute atomic E-state index is 11.7. The molecule has 20 heavy (non-hydrogen) atoms. The number of benzene rings is 1. The molecule has 5 heteroatoms. The topological polar surface area (TPSA) is 63.0 Å². The van der Waals surface area contributed by atoms with Crippen molar-refractivity contribution >= 4 is 17.6 Å². The number of esters is 1. The Morgan fingerprint density at radius 3 is 2.95 bits per heavy atom. The SMILES string of the molecule is COC(=O)c1cc(Cl)cnc1Cc1cccc(C#N)c1. The smallest absolute Gasteiger partial charge is 0.339 e. The zero-order valence-electron chi connectivity index (χ0n) is 10.8. The van der Waals surface area contributed by atoms with Gasteiger partial charge in [-0.15, -0.1) is 0 Å². The second kappa shape index (κ2) is 6.18. The molecule has 2 rings (SSSR count). The van der Waals surface area contributed by atoms with Gasteiger partial charge in [0.2, 0.25) is 0 Å². The summed E-state index contributed by atoms with van der Waals surface area (Å²) in [6.07, 6.45) is 1.91. The second-order valence-corrected chi connectivity index (χ2v) is 4.56. The quantitative estimate of drug-likeness (QED) is 0.814. The maximum Gasteiger partial charge on any atom is 0.339 e. The van der Waals surface area contributed by atoms with Crippen LogP contribution in [0.2, 0.25) is 5.02 Å². The Bertz CT molecular complexity index is 693. The lowest BCUT2D eigenvalue weighted by atomic mass is 10.0. The number of carbonyl (C=O) groups is 1. The molecule has 0 spiro atoms. The molecule has 1 aromatic heterocycles. The summed E-state index contributed by atoms with van der Waals surface area (Å²) in [7, 11) is 1.31. The second-order valence-electron chi connectivity index (χ2n) is 4.13. The number of nitriles is 1. The summed E-state index contributed by atoms with van der Waals surface area (Å²) in [5.74, 6) is -0.480.